The number of amides is 2. The second-order valence-electron chi connectivity index (χ2n) is 9.01. The molecule has 1 aromatic carbocycles. The second-order valence-corrected chi connectivity index (χ2v) is 9.01. The number of hydrogen-bond acceptors (Lipinski definition) is 4. The fraction of sp³-hybridized carbons (Fsp3) is 0.480. The zero-order valence-electron chi connectivity index (χ0n) is 18.4. The minimum atomic E-state index is -0.179. The van der Waals surface area contributed by atoms with Crippen molar-refractivity contribution in [3.05, 3.63) is 65.0 Å². The number of hydrogen-bond donors (Lipinski definition) is 1. The Balaban J connectivity index is 1.31. The number of carbonyl (C=O) groups is 2. The number of nitrogens with one attached hydrogen (secondary N) is 1. The van der Waals surface area contributed by atoms with E-state index in [1.54, 1.807) is 24.5 Å². The highest BCUT2D eigenvalue weighted by molar-refractivity contribution is 5.95. The van der Waals surface area contributed by atoms with Gasteiger partial charge in [0.05, 0.1) is 11.2 Å². The molecule has 0 bridgehead atoms. The lowest BCUT2D eigenvalue weighted by molar-refractivity contribution is -0.122. The van der Waals surface area contributed by atoms with E-state index in [1.807, 2.05) is 30.9 Å². The summed E-state index contributed by atoms with van der Waals surface area (Å²) in [5, 5.41) is 3.05. The summed E-state index contributed by atoms with van der Waals surface area (Å²) < 4.78 is 6.24. The fourth-order valence-electron chi connectivity index (χ4n) is 4.89. The van der Waals surface area contributed by atoms with Crippen molar-refractivity contribution < 1.29 is 14.3 Å². The monoisotopic (exact) mass is 421 g/mol. The van der Waals surface area contributed by atoms with Crippen LogP contribution in [0.15, 0.2) is 42.7 Å². The van der Waals surface area contributed by atoms with Gasteiger partial charge in [0.2, 0.25) is 0 Å². The zero-order valence-corrected chi connectivity index (χ0v) is 18.4. The van der Waals surface area contributed by atoms with Crippen LogP contribution in [0.25, 0.3) is 0 Å². The van der Waals surface area contributed by atoms with Gasteiger partial charge in [-0.15, -0.1) is 0 Å². The molecule has 3 heterocycles. The first-order valence-electron chi connectivity index (χ1n) is 11.1. The molecule has 2 fully saturated rings. The first-order chi connectivity index (χ1) is 14.9. The van der Waals surface area contributed by atoms with Crippen molar-refractivity contribution in [3.8, 4) is 0 Å². The summed E-state index contributed by atoms with van der Waals surface area (Å²) in [6.07, 6.45) is 6.80. The minimum Gasteiger partial charge on any atom is -0.375 e. The van der Waals surface area contributed by atoms with Gasteiger partial charge in [-0.2, -0.15) is 0 Å². The third-order valence-electron chi connectivity index (χ3n) is 6.50. The highest BCUT2D eigenvalue weighted by Crippen LogP contribution is 2.37. The molecule has 1 atom stereocenters. The molecule has 1 unspecified atom stereocenters. The van der Waals surface area contributed by atoms with Crippen LogP contribution in [-0.4, -0.2) is 53.5 Å². The molecule has 2 amide bonds. The van der Waals surface area contributed by atoms with Crippen LogP contribution >= 0.6 is 0 Å². The molecule has 2 aliphatic heterocycles. The summed E-state index contributed by atoms with van der Waals surface area (Å²) >= 11 is 0. The van der Waals surface area contributed by atoms with Gasteiger partial charge in [-0.05, 0) is 69.7 Å². The van der Waals surface area contributed by atoms with E-state index >= 15 is 0 Å². The van der Waals surface area contributed by atoms with E-state index in [0.717, 1.165) is 42.4 Å². The van der Waals surface area contributed by atoms with Crippen LogP contribution in [0.3, 0.4) is 0 Å². The van der Waals surface area contributed by atoms with Crippen molar-refractivity contribution in [3.63, 3.8) is 0 Å². The lowest BCUT2D eigenvalue weighted by Crippen LogP contribution is -2.51. The molecule has 0 radical (unpaired) electrons. The maximum Gasteiger partial charge on any atom is 0.253 e. The molecule has 164 valence electrons. The van der Waals surface area contributed by atoms with E-state index in [4.69, 9.17) is 4.74 Å². The van der Waals surface area contributed by atoms with Crippen molar-refractivity contribution >= 4 is 11.8 Å². The van der Waals surface area contributed by atoms with Gasteiger partial charge in [-0.25, -0.2) is 0 Å². The Morgan fingerprint density at radius 2 is 1.90 bits per heavy atom. The molecule has 2 saturated heterocycles. The number of ether oxygens (including phenoxy) is 1. The number of aryl methyl sites for hydroxylation is 2. The highest BCUT2D eigenvalue weighted by Gasteiger charge is 2.41. The number of pyridine rings is 1. The Morgan fingerprint density at radius 1 is 1.16 bits per heavy atom. The van der Waals surface area contributed by atoms with Gasteiger partial charge in [0.25, 0.3) is 11.8 Å². The molecule has 4 rings (SSSR count). The van der Waals surface area contributed by atoms with Gasteiger partial charge in [0.1, 0.15) is 0 Å². The Hall–Kier alpha value is -2.73. The van der Waals surface area contributed by atoms with Gasteiger partial charge >= 0.3 is 0 Å². The molecule has 1 N–H and O–H groups in total. The average molecular weight is 422 g/mol. The van der Waals surface area contributed by atoms with E-state index in [0.29, 0.717) is 37.7 Å². The number of rotatable bonds is 4. The summed E-state index contributed by atoms with van der Waals surface area (Å²) in [6, 6.07) is 9.57. The predicted octanol–water partition coefficient (Wildman–Crippen LogP) is 3.53. The van der Waals surface area contributed by atoms with Crippen LogP contribution in [0, 0.1) is 19.8 Å². The number of nitrogens with zero attached hydrogens (tertiary/aromatic N) is 2. The van der Waals surface area contributed by atoms with E-state index in [9.17, 15) is 9.59 Å². The van der Waals surface area contributed by atoms with Crippen LogP contribution in [0.1, 0.15) is 57.5 Å². The minimum absolute atomic E-state index is 0.0810. The summed E-state index contributed by atoms with van der Waals surface area (Å²) in [6.45, 7) is 6.82. The van der Waals surface area contributed by atoms with Gasteiger partial charge in [0, 0.05) is 44.2 Å². The molecule has 0 saturated carbocycles. The molecular formula is C25H31N3O3. The number of benzene rings is 1. The Bertz CT molecular complexity index is 916. The molecule has 31 heavy (non-hydrogen) atoms. The summed E-state index contributed by atoms with van der Waals surface area (Å²) in [5.41, 5.74) is 3.41. The summed E-state index contributed by atoms with van der Waals surface area (Å²) in [7, 11) is 0. The Morgan fingerprint density at radius 3 is 2.58 bits per heavy atom. The van der Waals surface area contributed by atoms with Gasteiger partial charge in [-0.1, -0.05) is 17.2 Å². The normalized spacial score (nSPS) is 20.5. The molecule has 6 nitrogen and oxygen atoms in total. The zero-order chi connectivity index (χ0) is 21.8. The molecule has 6 heteroatoms. The maximum absolute atomic E-state index is 13.0. The quantitative estimate of drug-likeness (QED) is 0.820. The first kappa shape index (κ1) is 21.5. The van der Waals surface area contributed by atoms with E-state index in [2.05, 4.69) is 16.4 Å². The predicted molar refractivity (Wildman–Crippen MR) is 119 cm³/mol. The molecule has 1 spiro atoms. The number of likely N-dealkylation sites (tertiary alicyclic amines) is 1. The Labute approximate surface area is 184 Å². The Kier molecular flexibility index (Phi) is 6.37. The summed E-state index contributed by atoms with van der Waals surface area (Å²) in [5.74, 6) is 0.413. The lowest BCUT2D eigenvalue weighted by atomic mass is 9.79. The fourth-order valence-corrected chi connectivity index (χ4v) is 4.89. The van der Waals surface area contributed by atoms with Crippen molar-refractivity contribution in [2.45, 2.75) is 45.1 Å². The van der Waals surface area contributed by atoms with Crippen molar-refractivity contribution in [2.24, 2.45) is 5.92 Å². The van der Waals surface area contributed by atoms with E-state index in [1.165, 1.54) is 0 Å². The highest BCUT2D eigenvalue weighted by atomic mass is 16.5. The van der Waals surface area contributed by atoms with Gasteiger partial charge in [0.15, 0.2) is 0 Å². The maximum atomic E-state index is 13.0. The molecule has 1 aromatic heterocycles. The van der Waals surface area contributed by atoms with Crippen LogP contribution in [0.5, 0.6) is 0 Å². The smallest absolute Gasteiger partial charge is 0.253 e. The third kappa shape index (κ3) is 5.13. The van der Waals surface area contributed by atoms with Gasteiger partial charge in [-0.3, -0.25) is 14.6 Å². The average Bonchev–Trinajstić information content (AvgIpc) is 2.77. The van der Waals surface area contributed by atoms with Crippen LogP contribution in [0.4, 0.5) is 0 Å². The number of carbonyl (C=O) groups excluding carboxylic acids is 2. The largest absolute Gasteiger partial charge is 0.375 e. The number of aromatic nitrogens is 1. The van der Waals surface area contributed by atoms with Crippen molar-refractivity contribution in [1.29, 1.82) is 0 Å². The molecular weight excluding hydrogens is 390 g/mol. The first-order valence-corrected chi connectivity index (χ1v) is 11.1. The van der Waals surface area contributed by atoms with E-state index in [-0.39, 0.29) is 17.4 Å². The van der Waals surface area contributed by atoms with Crippen molar-refractivity contribution in [2.75, 3.05) is 26.2 Å². The van der Waals surface area contributed by atoms with Gasteiger partial charge < -0.3 is 15.0 Å². The molecule has 2 aliphatic rings. The molecule has 0 aliphatic carbocycles. The van der Waals surface area contributed by atoms with Crippen LogP contribution in [0.2, 0.25) is 0 Å². The lowest BCUT2D eigenvalue weighted by Gasteiger charge is -2.46. The third-order valence-corrected chi connectivity index (χ3v) is 6.50. The SMILES string of the molecule is Cc1cc(C)cc(C(=O)N2CCC3(CC2)CC(CNC(=O)c2cccnc2)CCO3)c1. The number of piperidine rings is 1. The molecule has 2 aromatic rings. The second kappa shape index (κ2) is 9.18. The van der Waals surface area contributed by atoms with Crippen molar-refractivity contribution in [1.82, 2.24) is 15.2 Å². The van der Waals surface area contributed by atoms with Crippen LogP contribution in [-0.2, 0) is 4.74 Å². The topological polar surface area (TPSA) is 71.5 Å². The summed E-state index contributed by atoms with van der Waals surface area (Å²) in [4.78, 5) is 31.3. The standard InChI is InChI=1S/C25H31N3O3/c1-18-12-19(2)14-22(13-18)24(30)28-9-6-25(7-10-28)15-20(5-11-31-25)16-27-23(29)21-4-3-8-26-17-21/h3-4,8,12-14,17,20H,5-7,9-11,15-16H2,1-2H3,(H,27,29). The van der Waals surface area contributed by atoms with Crippen LogP contribution < -0.4 is 5.32 Å². The van der Waals surface area contributed by atoms with E-state index < -0.39 is 0 Å².